The van der Waals surface area contributed by atoms with Crippen LogP contribution in [0.3, 0.4) is 0 Å². The summed E-state index contributed by atoms with van der Waals surface area (Å²) in [5.74, 6) is 1.21. The average molecular weight is 421 g/mol. The van der Waals surface area contributed by atoms with Crippen molar-refractivity contribution in [3.8, 4) is 5.75 Å². The molecule has 0 spiro atoms. The smallest absolute Gasteiger partial charge is 0.260 e. The minimum absolute atomic E-state index is 0.0375. The van der Waals surface area contributed by atoms with Gasteiger partial charge in [0.2, 0.25) is 5.91 Å². The van der Waals surface area contributed by atoms with E-state index in [1.165, 1.54) is 16.9 Å². The van der Waals surface area contributed by atoms with Crippen molar-refractivity contribution in [2.24, 2.45) is 0 Å². The lowest BCUT2D eigenvalue weighted by Gasteiger charge is -2.18. The van der Waals surface area contributed by atoms with Gasteiger partial charge in [0, 0.05) is 30.1 Å². The highest BCUT2D eigenvalue weighted by atomic mass is 16.5. The number of nitrogens with zero attached hydrogens (tertiary/aromatic N) is 1. The van der Waals surface area contributed by atoms with Gasteiger partial charge in [-0.2, -0.15) is 0 Å². The van der Waals surface area contributed by atoms with Gasteiger partial charge in [0.05, 0.1) is 6.54 Å². The predicted octanol–water partition coefficient (Wildman–Crippen LogP) is 4.40. The van der Waals surface area contributed by atoms with E-state index in [0.29, 0.717) is 5.75 Å². The number of furan rings is 1. The van der Waals surface area contributed by atoms with Gasteiger partial charge in [0.25, 0.3) is 5.91 Å². The molecule has 0 bridgehead atoms. The molecule has 6 heteroatoms. The zero-order valence-electron chi connectivity index (χ0n) is 18.3. The van der Waals surface area contributed by atoms with Crippen molar-refractivity contribution in [2.45, 2.75) is 39.5 Å². The first-order valence-electron chi connectivity index (χ1n) is 10.7. The summed E-state index contributed by atoms with van der Waals surface area (Å²) in [6, 6.07) is 11.5. The first-order valence-corrected chi connectivity index (χ1v) is 10.7. The third kappa shape index (κ3) is 4.58. The van der Waals surface area contributed by atoms with Crippen LogP contribution in [-0.2, 0) is 22.4 Å². The van der Waals surface area contributed by atoms with E-state index in [0.717, 1.165) is 52.8 Å². The van der Waals surface area contributed by atoms with Crippen LogP contribution < -0.4 is 10.1 Å². The third-order valence-corrected chi connectivity index (χ3v) is 5.84. The second kappa shape index (κ2) is 8.84. The molecule has 1 heterocycles. The number of benzene rings is 2. The number of rotatable bonds is 6. The number of hydrogen-bond acceptors (Lipinski definition) is 4. The van der Waals surface area contributed by atoms with E-state index in [4.69, 9.17) is 9.15 Å². The summed E-state index contributed by atoms with van der Waals surface area (Å²) in [5.41, 5.74) is 4.90. The van der Waals surface area contributed by atoms with Crippen molar-refractivity contribution in [2.75, 3.05) is 25.5 Å². The van der Waals surface area contributed by atoms with Crippen LogP contribution in [0.25, 0.3) is 11.0 Å². The summed E-state index contributed by atoms with van der Waals surface area (Å²) in [5, 5.41) is 3.97. The maximum Gasteiger partial charge on any atom is 0.260 e. The Labute approximate surface area is 182 Å². The number of carbonyl (C=O) groups excluding carboxylic acids is 2. The van der Waals surface area contributed by atoms with E-state index in [2.05, 4.69) is 5.32 Å². The van der Waals surface area contributed by atoms with E-state index in [-0.39, 0.29) is 25.0 Å². The van der Waals surface area contributed by atoms with E-state index in [9.17, 15) is 9.59 Å². The Morgan fingerprint density at radius 3 is 2.61 bits per heavy atom. The van der Waals surface area contributed by atoms with Crippen LogP contribution in [0.5, 0.6) is 5.75 Å². The van der Waals surface area contributed by atoms with E-state index in [1.807, 2.05) is 50.2 Å². The van der Waals surface area contributed by atoms with E-state index >= 15 is 0 Å². The number of likely N-dealkylation sites (N-methyl/N-ethyl adjacent to an activating group) is 1. The Morgan fingerprint density at radius 1 is 1.10 bits per heavy atom. The summed E-state index contributed by atoms with van der Waals surface area (Å²) in [7, 11) is 1.60. The minimum Gasteiger partial charge on any atom is -0.484 e. The standard InChI is InChI=1S/C25H28N2O4/c1-16-7-6-8-17(2)25(16)26-23(28)14-27(3)24(29)15-30-18-11-12-22-20(13-18)19-9-4-5-10-21(19)31-22/h6-8,11-13H,4-5,9-10,14-15H2,1-3H3,(H,26,28). The molecule has 4 rings (SSSR count). The molecule has 1 aliphatic rings. The van der Waals surface area contributed by atoms with E-state index in [1.54, 1.807) is 7.05 Å². The van der Waals surface area contributed by atoms with E-state index < -0.39 is 0 Å². The van der Waals surface area contributed by atoms with Crippen LogP contribution >= 0.6 is 0 Å². The Kier molecular flexibility index (Phi) is 5.98. The highest BCUT2D eigenvalue weighted by Crippen LogP contribution is 2.33. The quantitative estimate of drug-likeness (QED) is 0.641. The molecule has 3 aromatic rings. The molecule has 0 fully saturated rings. The Balaban J connectivity index is 1.34. The molecule has 1 N–H and O–H groups in total. The van der Waals surface area contributed by atoms with Gasteiger partial charge in [-0.1, -0.05) is 18.2 Å². The molecule has 0 saturated carbocycles. The molecule has 1 aromatic heterocycles. The zero-order chi connectivity index (χ0) is 22.0. The van der Waals surface area contributed by atoms with Crippen molar-refractivity contribution in [3.63, 3.8) is 0 Å². The first-order chi connectivity index (χ1) is 14.9. The lowest BCUT2D eigenvalue weighted by molar-refractivity contribution is -0.135. The van der Waals surface area contributed by atoms with Gasteiger partial charge in [-0.05, 0) is 62.4 Å². The van der Waals surface area contributed by atoms with Crippen molar-refractivity contribution >= 4 is 28.5 Å². The maximum atomic E-state index is 12.5. The predicted molar refractivity (Wildman–Crippen MR) is 121 cm³/mol. The highest BCUT2D eigenvalue weighted by molar-refractivity contribution is 5.95. The summed E-state index contributed by atoms with van der Waals surface area (Å²) in [4.78, 5) is 26.3. The van der Waals surface area contributed by atoms with Gasteiger partial charge >= 0.3 is 0 Å². The lowest BCUT2D eigenvalue weighted by atomic mass is 9.96. The SMILES string of the molecule is Cc1cccc(C)c1NC(=O)CN(C)C(=O)COc1ccc2oc3c(c2c1)CCCC3. The van der Waals surface area contributed by atoms with Crippen LogP contribution in [0.2, 0.25) is 0 Å². The van der Waals surface area contributed by atoms with Crippen molar-refractivity contribution in [3.05, 3.63) is 58.8 Å². The van der Waals surface area contributed by atoms with Crippen molar-refractivity contribution in [1.82, 2.24) is 4.90 Å². The largest absolute Gasteiger partial charge is 0.484 e. The number of aryl methyl sites for hydroxylation is 4. The van der Waals surface area contributed by atoms with Gasteiger partial charge in [-0.25, -0.2) is 0 Å². The molecule has 0 atom stereocenters. The van der Waals surface area contributed by atoms with Gasteiger partial charge in [-0.15, -0.1) is 0 Å². The minimum atomic E-state index is -0.258. The van der Waals surface area contributed by atoms with Crippen LogP contribution in [0.15, 0.2) is 40.8 Å². The van der Waals surface area contributed by atoms with Crippen LogP contribution in [0.4, 0.5) is 5.69 Å². The molecule has 1 aliphatic carbocycles. The van der Waals surface area contributed by atoms with Gasteiger partial charge in [0.15, 0.2) is 6.61 Å². The zero-order valence-corrected chi connectivity index (χ0v) is 18.3. The number of ether oxygens (including phenoxy) is 1. The molecular weight excluding hydrogens is 392 g/mol. The Hall–Kier alpha value is -3.28. The van der Waals surface area contributed by atoms with Gasteiger partial charge in [0.1, 0.15) is 17.1 Å². The molecule has 2 amide bonds. The Bertz CT molecular complexity index is 1110. The molecular formula is C25H28N2O4. The number of anilines is 1. The van der Waals surface area contributed by atoms with Crippen molar-refractivity contribution in [1.29, 1.82) is 0 Å². The maximum absolute atomic E-state index is 12.5. The molecule has 0 aliphatic heterocycles. The molecule has 162 valence electrons. The molecule has 31 heavy (non-hydrogen) atoms. The summed E-state index contributed by atoms with van der Waals surface area (Å²) in [6.45, 7) is 3.72. The molecule has 0 radical (unpaired) electrons. The molecule has 0 saturated heterocycles. The highest BCUT2D eigenvalue weighted by Gasteiger charge is 2.19. The summed E-state index contributed by atoms with van der Waals surface area (Å²) >= 11 is 0. The van der Waals surface area contributed by atoms with Gasteiger partial charge in [-0.3, -0.25) is 9.59 Å². The summed E-state index contributed by atoms with van der Waals surface area (Å²) < 4.78 is 11.7. The third-order valence-electron chi connectivity index (χ3n) is 5.84. The number of hydrogen-bond donors (Lipinski definition) is 1. The first kappa shape index (κ1) is 21.0. The van der Waals surface area contributed by atoms with Gasteiger partial charge < -0.3 is 19.4 Å². The number of carbonyl (C=O) groups is 2. The fourth-order valence-corrected chi connectivity index (χ4v) is 4.08. The fraction of sp³-hybridized carbons (Fsp3) is 0.360. The normalized spacial score (nSPS) is 13.0. The topological polar surface area (TPSA) is 71.8 Å². The molecule has 6 nitrogen and oxygen atoms in total. The molecule has 2 aromatic carbocycles. The average Bonchev–Trinajstić information content (AvgIpc) is 3.12. The summed E-state index contributed by atoms with van der Waals surface area (Å²) in [6.07, 6.45) is 4.32. The van der Waals surface area contributed by atoms with Crippen LogP contribution in [0.1, 0.15) is 35.3 Å². The number of nitrogens with one attached hydrogen (secondary N) is 1. The van der Waals surface area contributed by atoms with Crippen LogP contribution in [-0.4, -0.2) is 36.9 Å². The second-order valence-corrected chi connectivity index (χ2v) is 8.22. The Morgan fingerprint density at radius 2 is 1.84 bits per heavy atom. The second-order valence-electron chi connectivity index (χ2n) is 8.22. The monoisotopic (exact) mass is 420 g/mol. The number of para-hydroxylation sites is 1. The van der Waals surface area contributed by atoms with Crippen LogP contribution in [0, 0.1) is 13.8 Å². The molecule has 0 unspecified atom stereocenters. The number of amides is 2. The lowest BCUT2D eigenvalue weighted by Crippen LogP contribution is -2.37. The van der Waals surface area contributed by atoms with Crippen molar-refractivity contribution < 1.29 is 18.7 Å². The fourth-order valence-electron chi connectivity index (χ4n) is 4.08. The number of fused-ring (bicyclic) bond motifs is 3.